The molecule has 1 unspecified atom stereocenters. The van der Waals surface area contributed by atoms with Gasteiger partial charge in [-0.15, -0.1) is 0 Å². The Hall–Kier alpha value is -1.83. The molecule has 0 aliphatic carbocycles. The normalized spacial score (nSPS) is 17.6. The Labute approximate surface area is 112 Å². The van der Waals surface area contributed by atoms with Crippen LogP contribution in [0.4, 0.5) is 0 Å². The van der Waals surface area contributed by atoms with Gasteiger partial charge in [-0.25, -0.2) is 0 Å². The number of carbonyl (C=O) groups excluding carboxylic acids is 1. The number of hydrogen-bond acceptors (Lipinski definition) is 3. The maximum atomic E-state index is 12.0. The molecule has 0 aromatic heterocycles. The summed E-state index contributed by atoms with van der Waals surface area (Å²) in [5.74, 6) is 5.22. The van der Waals surface area contributed by atoms with Crippen molar-refractivity contribution in [2.24, 2.45) is 0 Å². The van der Waals surface area contributed by atoms with Crippen LogP contribution in [0.1, 0.15) is 28.8 Å². The Bertz CT molecular complexity index is 496. The molecule has 1 aromatic carbocycles. The van der Waals surface area contributed by atoms with Crippen LogP contribution in [0.5, 0.6) is 0 Å². The molecule has 0 radical (unpaired) electrons. The second-order valence-electron chi connectivity index (χ2n) is 4.39. The van der Waals surface area contributed by atoms with Crippen LogP contribution in [0, 0.1) is 11.8 Å². The van der Waals surface area contributed by atoms with E-state index in [2.05, 4.69) is 17.2 Å². The van der Waals surface area contributed by atoms with E-state index < -0.39 is 0 Å². The molecule has 1 saturated heterocycles. The van der Waals surface area contributed by atoms with Crippen LogP contribution in [-0.4, -0.2) is 36.9 Å². The number of rotatable bonds is 3. The topological polar surface area (TPSA) is 58.6 Å². The third-order valence-electron chi connectivity index (χ3n) is 2.95. The molecule has 1 fully saturated rings. The van der Waals surface area contributed by atoms with Gasteiger partial charge in [-0.2, -0.15) is 0 Å². The lowest BCUT2D eigenvalue weighted by Crippen LogP contribution is -2.31. The fraction of sp³-hybridized carbons (Fsp3) is 0.400. The second-order valence-corrected chi connectivity index (χ2v) is 4.39. The highest BCUT2D eigenvalue weighted by molar-refractivity contribution is 5.94. The largest absolute Gasteiger partial charge is 0.384 e. The van der Waals surface area contributed by atoms with Gasteiger partial charge in [0.15, 0.2) is 0 Å². The predicted octanol–water partition coefficient (Wildman–Crippen LogP) is 0.939. The van der Waals surface area contributed by atoms with Gasteiger partial charge in [-0.3, -0.25) is 4.79 Å². The van der Waals surface area contributed by atoms with Crippen molar-refractivity contribution >= 4 is 5.91 Å². The highest BCUT2D eigenvalue weighted by Gasteiger charge is 2.16. The van der Waals surface area contributed by atoms with E-state index in [0.717, 1.165) is 25.0 Å². The summed E-state index contributed by atoms with van der Waals surface area (Å²) in [6, 6.07) is 7.05. The molecule has 4 heteroatoms. The molecule has 1 atom stereocenters. The minimum atomic E-state index is -0.185. The number of amides is 1. The van der Waals surface area contributed by atoms with Crippen LogP contribution in [0.15, 0.2) is 24.3 Å². The van der Waals surface area contributed by atoms with Gasteiger partial charge < -0.3 is 15.2 Å². The van der Waals surface area contributed by atoms with Crippen LogP contribution in [-0.2, 0) is 4.74 Å². The van der Waals surface area contributed by atoms with E-state index in [0.29, 0.717) is 12.1 Å². The molecule has 100 valence electrons. The fourth-order valence-corrected chi connectivity index (χ4v) is 1.99. The third kappa shape index (κ3) is 4.09. The zero-order valence-corrected chi connectivity index (χ0v) is 10.7. The molecule has 1 aliphatic rings. The lowest BCUT2D eigenvalue weighted by Gasteiger charge is -2.10. The highest BCUT2D eigenvalue weighted by Crippen LogP contribution is 2.11. The van der Waals surface area contributed by atoms with Gasteiger partial charge in [0.2, 0.25) is 0 Å². The fourth-order valence-electron chi connectivity index (χ4n) is 1.99. The maximum absolute atomic E-state index is 12.0. The summed E-state index contributed by atoms with van der Waals surface area (Å²) in [6.07, 6.45) is 2.20. The van der Waals surface area contributed by atoms with Gasteiger partial charge >= 0.3 is 0 Å². The smallest absolute Gasteiger partial charge is 0.251 e. The summed E-state index contributed by atoms with van der Waals surface area (Å²) in [4.78, 5) is 12.0. The number of aliphatic hydroxyl groups is 1. The summed E-state index contributed by atoms with van der Waals surface area (Å²) in [5.41, 5.74) is 1.29. The number of benzene rings is 1. The molecule has 0 bridgehead atoms. The number of hydrogen-bond donors (Lipinski definition) is 2. The Morgan fingerprint density at radius 1 is 1.53 bits per heavy atom. The molecule has 2 rings (SSSR count). The first-order valence-corrected chi connectivity index (χ1v) is 6.39. The van der Waals surface area contributed by atoms with Crippen LogP contribution in [0.3, 0.4) is 0 Å². The average molecular weight is 259 g/mol. The quantitative estimate of drug-likeness (QED) is 0.794. The first kappa shape index (κ1) is 13.6. The van der Waals surface area contributed by atoms with Crippen molar-refractivity contribution in [1.82, 2.24) is 5.32 Å². The van der Waals surface area contributed by atoms with Gasteiger partial charge in [0.05, 0.1) is 6.10 Å². The zero-order chi connectivity index (χ0) is 13.5. The molecule has 4 nitrogen and oxygen atoms in total. The van der Waals surface area contributed by atoms with Crippen molar-refractivity contribution in [3.05, 3.63) is 35.4 Å². The van der Waals surface area contributed by atoms with Gasteiger partial charge in [0.25, 0.3) is 5.91 Å². The lowest BCUT2D eigenvalue weighted by molar-refractivity contribution is 0.0858. The third-order valence-corrected chi connectivity index (χ3v) is 2.95. The first-order chi connectivity index (χ1) is 9.29. The molecule has 1 heterocycles. The Balaban J connectivity index is 1.94. The van der Waals surface area contributed by atoms with Crippen molar-refractivity contribution in [3.63, 3.8) is 0 Å². The molecule has 19 heavy (non-hydrogen) atoms. The van der Waals surface area contributed by atoms with Gasteiger partial charge in [-0.05, 0) is 31.0 Å². The summed E-state index contributed by atoms with van der Waals surface area (Å²) in [6.45, 7) is 1.15. The van der Waals surface area contributed by atoms with Gasteiger partial charge in [-0.1, -0.05) is 17.9 Å². The van der Waals surface area contributed by atoms with E-state index in [9.17, 15) is 4.79 Å². The van der Waals surface area contributed by atoms with E-state index in [1.54, 1.807) is 24.3 Å². The summed E-state index contributed by atoms with van der Waals surface area (Å²) < 4.78 is 5.45. The van der Waals surface area contributed by atoms with Crippen molar-refractivity contribution in [3.8, 4) is 11.8 Å². The highest BCUT2D eigenvalue weighted by atomic mass is 16.5. The minimum Gasteiger partial charge on any atom is -0.384 e. The SMILES string of the molecule is O=C(NCC1CCCO1)c1cccc(C#CCO)c1. The zero-order valence-electron chi connectivity index (χ0n) is 10.7. The summed E-state index contributed by atoms with van der Waals surface area (Å²) in [5, 5.41) is 11.5. The molecule has 1 aromatic rings. The van der Waals surface area contributed by atoms with Crippen LogP contribution in [0.25, 0.3) is 0 Å². The van der Waals surface area contributed by atoms with E-state index in [1.807, 2.05) is 0 Å². The molecular formula is C15H17NO3. The van der Waals surface area contributed by atoms with Gasteiger partial charge in [0.1, 0.15) is 6.61 Å². The molecular weight excluding hydrogens is 242 g/mol. The summed E-state index contributed by atoms with van der Waals surface area (Å²) in [7, 11) is 0. The van der Waals surface area contributed by atoms with Crippen LogP contribution >= 0.6 is 0 Å². The van der Waals surface area contributed by atoms with Crippen molar-refractivity contribution in [2.75, 3.05) is 19.8 Å². The molecule has 2 N–H and O–H groups in total. The maximum Gasteiger partial charge on any atom is 0.251 e. The standard InChI is InChI=1S/C15H17NO3/c17-8-2-5-12-4-1-6-13(10-12)15(18)16-11-14-7-3-9-19-14/h1,4,6,10,14,17H,3,7-9,11H2,(H,16,18). The van der Waals surface area contributed by atoms with Crippen molar-refractivity contribution in [1.29, 1.82) is 0 Å². The van der Waals surface area contributed by atoms with Crippen molar-refractivity contribution in [2.45, 2.75) is 18.9 Å². The van der Waals surface area contributed by atoms with E-state index in [-0.39, 0.29) is 18.6 Å². The average Bonchev–Trinajstić information content (AvgIpc) is 2.96. The Morgan fingerprint density at radius 3 is 3.16 bits per heavy atom. The molecule has 0 spiro atoms. The van der Waals surface area contributed by atoms with E-state index >= 15 is 0 Å². The van der Waals surface area contributed by atoms with Gasteiger partial charge in [0, 0.05) is 24.3 Å². The molecule has 1 aliphatic heterocycles. The lowest BCUT2D eigenvalue weighted by atomic mass is 10.1. The number of ether oxygens (including phenoxy) is 1. The number of nitrogens with one attached hydrogen (secondary N) is 1. The number of aliphatic hydroxyl groups excluding tert-OH is 1. The monoisotopic (exact) mass is 259 g/mol. The molecule has 0 saturated carbocycles. The summed E-state index contributed by atoms with van der Waals surface area (Å²) >= 11 is 0. The van der Waals surface area contributed by atoms with E-state index in [1.165, 1.54) is 0 Å². The number of carbonyl (C=O) groups is 1. The Morgan fingerprint density at radius 2 is 2.42 bits per heavy atom. The Kier molecular flexibility index (Phi) is 4.96. The first-order valence-electron chi connectivity index (χ1n) is 6.39. The van der Waals surface area contributed by atoms with Crippen molar-refractivity contribution < 1.29 is 14.6 Å². The predicted molar refractivity (Wildman–Crippen MR) is 71.7 cm³/mol. The van der Waals surface area contributed by atoms with Crippen LogP contribution in [0.2, 0.25) is 0 Å². The van der Waals surface area contributed by atoms with E-state index in [4.69, 9.17) is 9.84 Å². The minimum absolute atomic E-state index is 0.122. The molecule has 1 amide bonds. The second kappa shape index (κ2) is 6.93. The van der Waals surface area contributed by atoms with Crippen LogP contribution < -0.4 is 5.32 Å².